The van der Waals surface area contributed by atoms with Crippen molar-refractivity contribution in [2.45, 2.75) is 43.7 Å². The number of benzene rings is 1. The van der Waals surface area contributed by atoms with Gasteiger partial charge in [-0.3, -0.25) is 0 Å². The molecule has 0 amide bonds. The maximum Gasteiger partial charge on any atom is 0.0959 e. The number of aryl methyl sites for hydroxylation is 1. The largest absolute Gasteiger partial charge is 0.394 e. The third-order valence-electron chi connectivity index (χ3n) is 4.72. The van der Waals surface area contributed by atoms with E-state index < -0.39 is 0 Å². The van der Waals surface area contributed by atoms with Gasteiger partial charge in [0.15, 0.2) is 0 Å². The van der Waals surface area contributed by atoms with Crippen LogP contribution in [0.3, 0.4) is 0 Å². The Bertz CT molecular complexity index is 650. The lowest BCUT2D eigenvalue weighted by Gasteiger charge is -2.29. The lowest BCUT2D eigenvalue weighted by Crippen LogP contribution is -2.43. The Morgan fingerprint density at radius 3 is 3.00 bits per heavy atom. The summed E-state index contributed by atoms with van der Waals surface area (Å²) < 4.78 is 0. The smallest absolute Gasteiger partial charge is 0.0959 e. The summed E-state index contributed by atoms with van der Waals surface area (Å²) in [7, 11) is 0. The van der Waals surface area contributed by atoms with Gasteiger partial charge in [-0.15, -0.1) is 11.3 Å². The first-order valence-corrected chi connectivity index (χ1v) is 8.51. The number of aliphatic hydroxyl groups is 1. The van der Waals surface area contributed by atoms with Crippen LogP contribution in [0.4, 0.5) is 0 Å². The first kappa shape index (κ1) is 13.4. The highest BCUT2D eigenvalue weighted by Gasteiger charge is 2.37. The molecular formula is C17H20N2OS. The van der Waals surface area contributed by atoms with Crippen LogP contribution in [0.15, 0.2) is 30.5 Å². The first-order chi connectivity index (χ1) is 10.3. The fourth-order valence-corrected chi connectivity index (χ4v) is 4.30. The SMILES string of the molecule is OCC1(NCc2cnc(C3CC3)s2)CCc2ccccc21. The quantitative estimate of drug-likeness (QED) is 0.892. The molecule has 1 fully saturated rings. The number of aromatic nitrogens is 1. The van der Waals surface area contributed by atoms with E-state index in [1.807, 2.05) is 17.5 Å². The van der Waals surface area contributed by atoms with E-state index in [1.54, 1.807) is 0 Å². The molecule has 3 nitrogen and oxygen atoms in total. The lowest BCUT2D eigenvalue weighted by molar-refractivity contribution is 0.159. The minimum atomic E-state index is -0.277. The second-order valence-electron chi connectivity index (χ2n) is 6.19. The van der Waals surface area contributed by atoms with Crippen LogP contribution in [-0.4, -0.2) is 16.7 Å². The van der Waals surface area contributed by atoms with E-state index >= 15 is 0 Å². The number of thiazole rings is 1. The predicted octanol–water partition coefficient (Wildman–Crippen LogP) is 2.94. The van der Waals surface area contributed by atoms with Gasteiger partial charge in [0.2, 0.25) is 0 Å². The number of fused-ring (bicyclic) bond motifs is 1. The number of aliphatic hydroxyl groups excluding tert-OH is 1. The first-order valence-electron chi connectivity index (χ1n) is 7.70. The lowest BCUT2D eigenvalue weighted by atomic mass is 9.92. The van der Waals surface area contributed by atoms with Crippen LogP contribution in [0.5, 0.6) is 0 Å². The average molecular weight is 300 g/mol. The molecule has 0 aliphatic heterocycles. The summed E-state index contributed by atoms with van der Waals surface area (Å²) in [6.45, 7) is 0.942. The molecule has 2 aliphatic rings. The summed E-state index contributed by atoms with van der Waals surface area (Å²) >= 11 is 1.82. The summed E-state index contributed by atoms with van der Waals surface area (Å²) in [6.07, 6.45) is 6.61. The normalized spacial score (nSPS) is 24.2. The van der Waals surface area contributed by atoms with Crippen molar-refractivity contribution in [2.24, 2.45) is 0 Å². The molecule has 0 spiro atoms. The summed E-state index contributed by atoms with van der Waals surface area (Å²) in [4.78, 5) is 5.80. The van der Waals surface area contributed by atoms with Crippen LogP contribution in [0.1, 0.15) is 46.2 Å². The van der Waals surface area contributed by atoms with Crippen LogP contribution >= 0.6 is 11.3 Å². The molecule has 1 unspecified atom stereocenters. The maximum atomic E-state index is 9.97. The summed E-state index contributed by atoms with van der Waals surface area (Å²) in [5.41, 5.74) is 2.35. The molecule has 0 radical (unpaired) electrons. The van der Waals surface area contributed by atoms with Gasteiger partial charge in [0.05, 0.1) is 17.2 Å². The van der Waals surface area contributed by atoms with Gasteiger partial charge in [0.1, 0.15) is 0 Å². The van der Waals surface area contributed by atoms with E-state index in [1.165, 1.54) is 33.9 Å². The number of rotatable bonds is 5. The highest BCUT2D eigenvalue weighted by molar-refractivity contribution is 7.11. The van der Waals surface area contributed by atoms with Gasteiger partial charge in [-0.2, -0.15) is 0 Å². The van der Waals surface area contributed by atoms with E-state index in [0.717, 1.165) is 25.3 Å². The molecule has 110 valence electrons. The van der Waals surface area contributed by atoms with Crippen LogP contribution < -0.4 is 5.32 Å². The monoisotopic (exact) mass is 300 g/mol. The zero-order valence-electron chi connectivity index (χ0n) is 12.0. The Morgan fingerprint density at radius 2 is 2.19 bits per heavy atom. The molecule has 1 heterocycles. The predicted molar refractivity (Wildman–Crippen MR) is 84.5 cm³/mol. The van der Waals surface area contributed by atoms with Crippen molar-refractivity contribution in [3.8, 4) is 0 Å². The zero-order valence-corrected chi connectivity index (χ0v) is 12.8. The van der Waals surface area contributed by atoms with Crippen molar-refractivity contribution < 1.29 is 5.11 Å². The van der Waals surface area contributed by atoms with Crippen molar-refractivity contribution in [2.75, 3.05) is 6.61 Å². The van der Waals surface area contributed by atoms with Gasteiger partial charge in [0.25, 0.3) is 0 Å². The molecule has 1 atom stereocenters. The van der Waals surface area contributed by atoms with Crippen LogP contribution in [0.25, 0.3) is 0 Å². The highest BCUT2D eigenvalue weighted by atomic mass is 32.1. The number of hydrogen-bond acceptors (Lipinski definition) is 4. The van der Waals surface area contributed by atoms with Gasteiger partial charge in [-0.05, 0) is 36.8 Å². The molecule has 2 N–H and O–H groups in total. The van der Waals surface area contributed by atoms with Gasteiger partial charge in [-0.1, -0.05) is 24.3 Å². The standard InChI is InChI=1S/C17H20N2OS/c20-11-17(8-7-12-3-1-2-4-15(12)17)19-10-14-9-18-16(21-14)13-5-6-13/h1-4,9,13,19-20H,5-8,10-11H2. The minimum Gasteiger partial charge on any atom is -0.394 e. The van der Waals surface area contributed by atoms with Crippen LogP contribution in [0.2, 0.25) is 0 Å². The van der Waals surface area contributed by atoms with Gasteiger partial charge in [-0.25, -0.2) is 4.98 Å². The Kier molecular flexibility index (Phi) is 3.32. The summed E-state index contributed by atoms with van der Waals surface area (Å²) in [5.74, 6) is 0.725. The molecule has 1 aromatic carbocycles. The van der Waals surface area contributed by atoms with E-state index in [0.29, 0.717) is 0 Å². The Hall–Kier alpha value is -1.23. The van der Waals surface area contributed by atoms with Crippen molar-refractivity contribution in [1.29, 1.82) is 0 Å². The fraction of sp³-hybridized carbons (Fsp3) is 0.471. The molecule has 1 saturated carbocycles. The fourth-order valence-electron chi connectivity index (χ4n) is 3.27. The minimum absolute atomic E-state index is 0.151. The molecule has 4 rings (SSSR count). The second kappa shape index (κ2) is 5.20. The third kappa shape index (κ3) is 2.41. The third-order valence-corrected chi connectivity index (χ3v) is 5.88. The Balaban J connectivity index is 1.51. The summed E-state index contributed by atoms with van der Waals surface area (Å²) in [5, 5.41) is 14.9. The molecule has 21 heavy (non-hydrogen) atoms. The number of nitrogens with one attached hydrogen (secondary N) is 1. The van der Waals surface area contributed by atoms with E-state index in [-0.39, 0.29) is 12.1 Å². The van der Waals surface area contributed by atoms with Crippen LogP contribution in [0, 0.1) is 0 Å². The second-order valence-corrected chi connectivity index (χ2v) is 7.34. The van der Waals surface area contributed by atoms with Crippen molar-refractivity contribution >= 4 is 11.3 Å². The average Bonchev–Trinajstić information content (AvgIpc) is 3.16. The topological polar surface area (TPSA) is 45.1 Å². The molecule has 1 aromatic heterocycles. The molecular weight excluding hydrogens is 280 g/mol. The van der Waals surface area contributed by atoms with Crippen molar-refractivity contribution in [3.63, 3.8) is 0 Å². The molecule has 4 heteroatoms. The molecule has 0 saturated heterocycles. The number of nitrogens with zero attached hydrogens (tertiary/aromatic N) is 1. The van der Waals surface area contributed by atoms with E-state index in [4.69, 9.17) is 0 Å². The maximum absolute atomic E-state index is 9.97. The van der Waals surface area contributed by atoms with Gasteiger partial charge < -0.3 is 10.4 Å². The molecule has 2 aliphatic carbocycles. The van der Waals surface area contributed by atoms with Crippen molar-refractivity contribution in [1.82, 2.24) is 10.3 Å². The Morgan fingerprint density at radius 1 is 1.33 bits per heavy atom. The van der Waals surface area contributed by atoms with Crippen molar-refractivity contribution in [3.05, 3.63) is 51.5 Å². The zero-order chi connectivity index (χ0) is 14.3. The highest BCUT2D eigenvalue weighted by Crippen LogP contribution is 2.42. The van der Waals surface area contributed by atoms with Gasteiger partial charge >= 0.3 is 0 Å². The molecule has 0 bridgehead atoms. The van der Waals surface area contributed by atoms with E-state index in [2.05, 4.69) is 34.6 Å². The van der Waals surface area contributed by atoms with Crippen LogP contribution in [-0.2, 0) is 18.5 Å². The molecule has 2 aromatic rings. The number of hydrogen-bond donors (Lipinski definition) is 2. The van der Waals surface area contributed by atoms with Gasteiger partial charge in [0, 0.05) is 23.5 Å². The summed E-state index contributed by atoms with van der Waals surface area (Å²) in [6, 6.07) is 8.46. The van der Waals surface area contributed by atoms with E-state index in [9.17, 15) is 5.11 Å². The Labute approximate surface area is 129 Å².